The molecule has 4 rings (SSSR count). The van der Waals surface area contributed by atoms with E-state index >= 15 is 0 Å². The van der Waals surface area contributed by atoms with Crippen molar-refractivity contribution in [2.75, 3.05) is 18.0 Å². The quantitative estimate of drug-likeness (QED) is 0.672. The molecule has 154 valence electrons. The molecule has 3 aromatic rings. The minimum Gasteiger partial charge on any atom is -0.457 e. The van der Waals surface area contributed by atoms with Gasteiger partial charge in [0.15, 0.2) is 0 Å². The summed E-state index contributed by atoms with van der Waals surface area (Å²) in [6.07, 6.45) is 6.86. The number of benzene rings is 2. The highest BCUT2D eigenvalue weighted by molar-refractivity contribution is 5.79. The van der Waals surface area contributed by atoms with E-state index in [1.165, 1.54) is 12.1 Å². The molecule has 2 heterocycles. The highest BCUT2D eigenvalue weighted by Crippen LogP contribution is 2.23. The first-order valence-electron chi connectivity index (χ1n) is 9.98. The van der Waals surface area contributed by atoms with E-state index in [9.17, 15) is 9.18 Å². The number of amides is 1. The maximum Gasteiger partial charge on any atom is 0.225 e. The third-order valence-electron chi connectivity index (χ3n) is 5.11. The third kappa shape index (κ3) is 5.11. The fraction of sp³-hybridized carbons (Fsp3) is 0.261. The second kappa shape index (κ2) is 9.35. The SMILES string of the molecule is O=C(NCc1ccc(Oc2ccc(F)cc2)cc1)C1CCCN(c2cnccn2)C1. The number of hydrogen-bond acceptors (Lipinski definition) is 5. The van der Waals surface area contributed by atoms with Crippen molar-refractivity contribution in [3.8, 4) is 11.5 Å². The average molecular weight is 406 g/mol. The molecule has 7 heteroatoms. The van der Waals surface area contributed by atoms with Gasteiger partial charge >= 0.3 is 0 Å². The smallest absolute Gasteiger partial charge is 0.225 e. The molecule has 6 nitrogen and oxygen atoms in total. The van der Waals surface area contributed by atoms with E-state index in [0.29, 0.717) is 24.6 Å². The number of nitrogens with one attached hydrogen (secondary N) is 1. The second-order valence-electron chi connectivity index (χ2n) is 7.27. The van der Waals surface area contributed by atoms with Gasteiger partial charge in [-0.05, 0) is 54.8 Å². The summed E-state index contributed by atoms with van der Waals surface area (Å²) in [7, 11) is 0. The molecule has 1 atom stereocenters. The van der Waals surface area contributed by atoms with Crippen molar-refractivity contribution in [1.82, 2.24) is 15.3 Å². The molecule has 1 saturated heterocycles. The van der Waals surface area contributed by atoms with Crippen molar-refractivity contribution in [2.24, 2.45) is 5.92 Å². The fourth-order valence-electron chi connectivity index (χ4n) is 3.50. The molecular weight excluding hydrogens is 383 g/mol. The van der Waals surface area contributed by atoms with Gasteiger partial charge in [0.1, 0.15) is 23.1 Å². The minimum atomic E-state index is -0.300. The van der Waals surface area contributed by atoms with E-state index in [1.807, 2.05) is 24.3 Å². The van der Waals surface area contributed by atoms with Crippen LogP contribution in [0, 0.1) is 11.7 Å². The Morgan fingerprint density at radius 2 is 1.83 bits per heavy atom. The van der Waals surface area contributed by atoms with Crippen LogP contribution in [0.4, 0.5) is 10.2 Å². The Morgan fingerprint density at radius 1 is 1.10 bits per heavy atom. The lowest BCUT2D eigenvalue weighted by Gasteiger charge is -2.32. The first-order valence-corrected chi connectivity index (χ1v) is 9.98. The number of hydrogen-bond donors (Lipinski definition) is 1. The molecule has 1 aliphatic rings. The predicted octanol–water partition coefficient (Wildman–Crippen LogP) is 3.94. The Morgan fingerprint density at radius 3 is 2.53 bits per heavy atom. The highest BCUT2D eigenvalue weighted by atomic mass is 19.1. The van der Waals surface area contributed by atoms with Gasteiger partial charge in [-0.1, -0.05) is 12.1 Å². The minimum absolute atomic E-state index is 0.0511. The van der Waals surface area contributed by atoms with Crippen molar-refractivity contribution in [2.45, 2.75) is 19.4 Å². The van der Waals surface area contributed by atoms with Gasteiger partial charge in [0.05, 0.1) is 12.1 Å². The maximum atomic E-state index is 13.0. The van der Waals surface area contributed by atoms with Crippen molar-refractivity contribution in [3.05, 3.63) is 78.5 Å². The lowest BCUT2D eigenvalue weighted by Crippen LogP contribution is -2.43. The topological polar surface area (TPSA) is 67.3 Å². The molecule has 1 N–H and O–H groups in total. The standard InChI is InChI=1S/C23H23FN4O2/c24-19-5-9-21(10-6-19)30-20-7-3-17(4-8-20)14-27-23(29)18-2-1-13-28(16-18)22-15-25-11-12-26-22/h3-12,15,18H,1-2,13-14,16H2,(H,27,29). The largest absolute Gasteiger partial charge is 0.457 e. The van der Waals surface area contributed by atoms with E-state index in [1.54, 1.807) is 30.7 Å². The van der Waals surface area contributed by atoms with Gasteiger partial charge in [-0.25, -0.2) is 9.37 Å². The lowest BCUT2D eigenvalue weighted by molar-refractivity contribution is -0.125. The monoisotopic (exact) mass is 406 g/mol. The van der Waals surface area contributed by atoms with Gasteiger partial charge < -0.3 is 15.0 Å². The Bertz CT molecular complexity index is 965. The number of ether oxygens (including phenoxy) is 1. The van der Waals surface area contributed by atoms with Crippen LogP contribution in [0.2, 0.25) is 0 Å². The number of anilines is 1. The van der Waals surface area contributed by atoms with Crippen LogP contribution in [0.3, 0.4) is 0 Å². The molecule has 0 saturated carbocycles. The molecule has 0 radical (unpaired) electrons. The number of carbonyl (C=O) groups is 1. The van der Waals surface area contributed by atoms with Crippen LogP contribution < -0.4 is 15.0 Å². The number of piperidine rings is 1. The van der Waals surface area contributed by atoms with Gasteiger partial charge in [-0.3, -0.25) is 9.78 Å². The van der Waals surface area contributed by atoms with Crippen LogP contribution in [0.5, 0.6) is 11.5 Å². The molecule has 1 unspecified atom stereocenters. The molecule has 0 spiro atoms. The number of halogens is 1. The molecule has 1 aliphatic heterocycles. The van der Waals surface area contributed by atoms with Crippen LogP contribution in [0.25, 0.3) is 0 Å². The Balaban J connectivity index is 1.28. The molecular formula is C23H23FN4O2. The Labute approximate surface area is 174 Å². The summed E-state index contributed by atoms with van der Waals surface area (Å²) in [5.74, 6) is 1.72. The van der Waals surface area contributed by atoms with Crippen LogP contribution in [-0.2, 0) is 11.3 Å². The van der Waals surface area contributed by atoms with Crippen molar-refractivity contribution in [1.29, 1.82) is 0 Å². The Kier molecular flexibility index (Phi) is 6.17. The zero-order valence-electron chi connectivity index (χ0n) is 16.5. The normalized spacial score (nSPS) is 16.2. The van der Waals surface area contributed by atoms with Crippen LogP contribution >= 0.6 is 0 Å². The van der Waals surface area contributed by atoms with E-state index in [-0.39, 0.29) is 17.6 Å². The maximum absolute atomic E-state index is 13.0. The summed E-state index contributed by atoms with van der Waals surface area (Å²) in [6.45, 7) is 1.99. The van der Waals surface area contributed by atoms with Gasteiger partial charge in [0, 0.05) is 32.0 Å². The third-order valence-corrected chi connectivity index (χ3v) is 5.11. The first-order chi connectivity index (χ1) is 14.7. The van der Waals surface area contributed by atoms with Crippen molar-refractivity contribution >= 4 is 11.7 Å². The zero-order chi connectivity index (χ0) is 20.8. The van der Waals surface area contributed by atoms with Gasteiger partial charge in [0.25, 0.3) is 0 Å². The summed E-state index contributed by atoms with van der Waals surface area (Å²) in [5, 5.41) is 3.03. The fourth-order valence-corrected chi connectivity index (χ4v) is 3.50. The van der Waals surface area contributed by atoms with E-state index in [2.05, 4.69) is 20.2 Å². The van der Waals surface area contributed by atoms with Crippen molar-refractivity contribution in [3.63, 3.8) is 0 Å². The number of nitrogens with zero attached hydrogens (tertiary/aromatic N) is 3. The van der Waals surface area contributed by atoms with Gasteiger partial charge in [-0.15, -0.1) is 0 Å². The van der Waals surface area contributed by atoms with Gasteiger partial charge in [0.2, 0.25) is 5.91 Å². The summed E-state index contributed by atoms with van der Waals surface area (Å²) < 4.78 is 18.7. The van der Waals surface area contributed by atoms with Crippen LogP contribution in [0.1, 0.15) is 18.4 Å². The van der Waals surface area contributed by atoms with Crippen LogP contribution in [-0.4, -0.2) is 29.0 Å². The molecule has 1 fully saturated rings. The summed E-state index contributed by atoms with van der Waals surface area (Å²) in [6, 6.07) is 13.4. The van der Waals surface area contributed by atoms with E-state index < -0.39 is 0 Å². The van der Waals surface area contributed by atoms with E-state index in [0.717, 1.165) is 30.8 Å². The molecule has 30 heavy (non-hydrogen) atoms. The number of aromatic nitrogens is 2. The van der Waals surface area contributed by atoms with Crippen molar-refractivity contribution < 1.29 is 13.9 Å². The first kappa shape index (κ1) is 19.8. The molecule has 1 aromatic heterocycles. The summed E-state index contributed by atoms with van der Waals surface area (Å²) in [4.78, 5) is 23.2. The zero-order valence-corrected chi connectivity index (χ0v) is 16.5. The second-order valence-corrected chi connectivity index (χ2v) is 7.27. The molecule has 2 aromatic carbocycles. The average Bonchev–Trinajstić information content (AvgIpc) is 2.80. The molecule has 0 aliphatic carbocycles. The number of rotatable bonds is 6. The van der Waals surface area contributed by atoms with Gasteiger partial charge in [-0.2, -0.15) is 0 Å². The highest BCUT2D eigenvalue weighted by Gasteiger charge is 2.26. The number of carbonyl (C=O) groups excluding carboxylic acids is 1. The summed E-state index contributed by atoms with van der Waals surface area (Å²) >= 11 is 0. The predicted molar refractivity (Wildman–Crippen MR) is 112 cm³/mol. The van der Waals surface area contributed by atoms with E-state index in [4.69, 9.17) is 4.74 Å². The Hall–Kier alpha value is -3.48. The molecule has 0 bridgehead atoms. The molecule has 1 amide bonds. The van der Waals surface area contributed by atoms with Crippen LogP contribution in [0.15, 0.2) is 67.1 Å². The lowest BCUT2D eigenvalue weighted by atomic mass is 9.97. The summed E-state index contributed by atoms with van der Waals surface area (Å²) in [5.41, 5.74) is 0.983.